The van der Waals surface area contributed by atoms with E-state index in [2.05, 4.69) is 15.3 Å². The van der Waals surface area contributed by atoms with Gasteiger partial charge in [-0.3, -0.25) is 0 Å². The number of hydrogen-bond donors (Lipinski definition) is 1. The van der Waals surface area contributed by atoms with Gasteiger partial charge in [0.2, 0.25) is 5.88 Å². The molecule has 5 heteroatoms. The van der Waals surface area contributed by atoms with E-state index < -0.39 is 0 Å². The normalized spacial score (nSPS) is 14.7. The molecular weight excluding hydrogens is 194 g/mol. The van der Waals surface area contributed by atoms with Crippen molar-refractivity contribution in [3.8, 4) is 5.88 Å². The Morgan fingerprint density at radius 2 is 2.33 bits per heavy atom. The third kappa shape index (κ3) is 2.43. The summed E-state index contributed by atoms with van der Waals surface area (Å²) in [5, 5.41) is 3.26. The lowest BCUT2D eigenvalue weighted by atomic mass is 10.1. The molecule has 1 aromatic rings. The summed E-state index contributed by atoms with van der Waals surface area (Å²) in [5.74, 6) is 0.707. The summed E-state index contributed by atoms with van der Waals surface area (Å²) in [4.78, 5) is 8.37. The van der Waals surface area contributed by atoms with Crippen molar-refractivity contribution in [3.63, 3.8) is 0 Å². The number of fused-ring (bicyclic) bond motifs is 1. The Bertz CT molecular complexity index is 330. The molecule has 1 aliphatic heterocycles. The molecule has 0 aliphatic carbocycles. The first-order valence-corrected chi connectivity index (χ1v) is 5.07. The zero-order valence-electron chi connectivity index (χ0n) is 8.82. The Labute approximate surface area is 88.8 Å². The molecule has 0 amide bonds. The summed E-state index contributed by atoms with van der Waals surface area (Å²) < 4.78 is 10.5. The van der Waals surface area contributed by atoms with E-state index in [1.807, 2.05) is 0 Å². The van der Waals surface area contributed by atoms with E-state index >= 15 is 0 Å². The maximum absolute atomic E-state index is 5.54. The maximum atomic E-state index is 5.54. The standard InChI is InChI=1S/C10H15N3O2/c1-14-4-5-15-10-8-2-3-11-6-9(8)12-7-13-10/h7,11H,2-6H2,1H3. The van der Waals surface area contributed by atoms with Gasteiger partial charge in [0.1, 0.15) is 12.9 Å². The molecule has 0 atom stereocenters. The summed E-state index contributed by atoms with van der Waals surface area (Å²) in [6.07, 6.45) is 2.48. The van der Waals surface area contributed by atoms with Crippen LogP contribution in [0.3, 0.4) is 0 Å². The zero-order valence-corrected chi connectivity index (χ0v) is 8.82. The van der Waals surface area contributed by atoms with Crippen LogP contribution in [0.2, 0.25) is 0 Å². The predicted molar refractivity (Wildman–Crippen MR) is 54.8 cm³/mol. The van der Waals surface area contributed by atoms with Crippen molar-refractivity contribution in [2.75, 3.05) is 26.9 Å². The van der Waals surface area contributed by atoms with Crippen LogP contribution in [0.5, 0.6) is 5.88 Å². The fraction of sp³-hybridized carbons (Fsp3) is 0.600. The van der Waals surface area contributed by atoms with Crippen LogP contribution < -0.4 is 10.1 Å². The quantitative estimate of drug-likeness (QED) is 0.715. The van der Waals surface area contributed by atoms with Gasteiger partial charge in [-0.1, -0.05) is 0 Å². The van der Waals surface area contributed by atoms with Crippen molar-refractivity contribution in [2.24, 2.45) is 0 Å². The van der Waals surface area contributed by atoms with Crippen LogP contribution in [-0.4, -0.2) is 36.8 Å². The lowest BCUT2D eigenvalue weighted by molar-refractivity contribution is 0.142. The third-order valence-corrected chi connectivity index (χ3v) is 2.37. The second-order valence-electron chi connectivity index (χ2n) is 3.37. The van der Waals surface area contributed by atoms with Gasteiger partial charge in [-0.05, 0) is 13.0 Å². The number of hydrogen-bond acceptors (Lipinski definition) is 5. The molecular formula is C10H15N3O2. The second-order valence-corrected chi connectivity index (χ2v) is 3.37. The van der Waals surface area contributed by atoms with E-state index in [0.29, 0.717) is 19.1 Å². The molecule has 0 fully saturated rings. The monoisotopic (exact) mass is 209 g/mol. The number of ether oxygens (including phenoxy) is 2. The minimum absolute atomic E-state index is 0.535. The molecule has 5 nitrogen and oxygen atoms in total. The van der Waals surface area contributed by atoms with Crippen LogP contribution in [0.25, 0.3) is 0 Å². The highest BCUT2D eigenvalue weighted by Gasteiger charge is 2.15. The molecule has 0 spiro atoms. The van der Waals surface area contributed by atoms with Crippen LogP contribution >= 0.6 is 0 Å². The number of nitrogens with one attached hydrogen (secondary N) is 1. The van der Waals surface area contributed by atoms with E-state index in [-0.39, 0.29) is 0 Å². The summed E-state index contributed by atoms with van der Waals surface area (Å²) in [6, 6.07) is 0. The number of aromatic nitrogens is 2. The topological polar surface area (TPSA) is 56.3 Å². The molecule has 82 valence electrons. The van der Waals surface area contributed by atoms with Crippen LogP contribution in [0, 0.1) is 0 Å². The smallest absolute Gasteiger partial charge is 0.220 e. The fourth-order valence-corrected chi connectivity index (χ4v) is 1.60. The molecule has 2 heterocycles. The summed E-state index contributed by atoms with van der Waals surface area (Å²) in [6.45, 7) is 2.88. The fourth-order valence-electron chi connectivity index (χ4n) is 1.60. The maximum Gasteiger partial charge on any atom is 0.220 e. The molecule has 0 saturated carbocycles. The van der Waals surface area contributed by atoms with Gasteiger partial charge in [0.15, 0.2) is 0 Å². The molecule has 1 aliphatic rings. The number of methoxy groups -OCH3 is 1. The largest absolute Gasteiger partial charge is 0.475 e. The van der Waals surface area contributed by atoms with Gasteiger partial charge in [0.25, 0.3) is 0 Å². The minimum Gasteiger partial charge on any atom is -0.475 e. The summed E-state index contributed by atoms with van der Waals surface area (Å²) in [7, 11) is 1.66. The van der Waals surface area contributed by atoms with Gasteiger partial charge >= 0.3 is 0 Å². The molecule has 15 heavy (non-hydrogen) atoms. The highest BCUT2D eigenvalue weighted by atomic mass is 16.5. The predicted octanol–water partition coefficient (Wildman–Crippen LogP) is 0.148. The minimum atomic E-state index is 0.535. The first-order chi connectivity index (χ1) is 7.42. The van der Waals surface area contributed by atoms with Crippen LogP contribution in [0.15, 0.2) is 6.33 Å². The highest BCUT2D eigenvalue weighted by Crippen LogP contribution is 2.20. The number of rotatable bonds is 4. The summed E-state index contributed by atoms with van der Waals surface area (Å²) in [5.41, 5.74) is 2.18. The molecule has 0 saturated heterocycles. The van der Waals surface area contributed by atoms with Crippen molar-refractivity contribution in [3.05, 3.63) is 17.6 Å². The van der Waals surface area contributed by atoms with Crippen molar-refractivity contribution in [2.45, 2.75) is 13.0 Å². The van der Waals surface area contributed by atoms with E-state index in [4.69, 9.17) is 9.47 Å². The Morgan fingerprint density at radius 1 is 1.40 bits per heavy atom. The summed E-state index contributed by atoms with van der Waals surface area (Å²) >= 11 is 0. The Morgan fingerprint density at radius 3 is 3.20 bits per heavy atom. The third-order valence-electron chi connectivity index (χ3n) is 2.37. The molecule has 0 bridgehead atoms. The van der Waals surface area contributed by atoms with Gasteiger partial charge in [0, 0.05) is 19.2 Å². The average Bonchev–Trinajstić information content (AvgIpc) is 2.30. The highest BCUT2D eigenvalue weighted by molar-refractivity contribution is 5.31. The Hall–Kier alpha value is -1.20. The molecule has 1 aromatic heterocycles. The van der Waals surface area contributed by atoms with Crippen molar-refractivity contribution in [1.29, 1.82) is 0 Å². The Kier molecular flexibility index (Phi) is 3.47. The van der Waals surface area contributed by atoms with E-state index in [1.54, 1.807) is 13.4 Å². The van der Waals surface area contributed by atoms with Crippen molar-refractivity contribution >= 4 is 0 Å². The van der Waals surface area contributed by atoms with Crippen LogP contribution in [0.1, 0.15) is 11.3 Å². The average molecular weight is 209 g/mol. The SMILES string of the molecule is COCCOc1ncnc2c1CCNC2. The number of nitrogens with zero attached hydrogens (tertiary/aromatic N) is 2. The second kappa shape index (κ2) is 5.04. The molecule has 2 rings (SSSR count). The first-order valence-electron chi connectivity index (χ1n) is 5.07. The van der Waals surface area contributed by atoms with Crippen molar-refractivity contribution < 1.29 is 9.47 Å². The van der Waals surface area contributed by atoms with Crippen LogP contribution in [-0.2, 0) is 17.7 Å². The van der Waals surface area contributed by atoms with Gasteiger partial charge in [-0.25, -0.2) is 9.97 Å². The lowest BCUT2D eigenvalue weighted by Gasteiger charge is -2.18. The van der Waals surface area contributed by atoms with Gasteiger partial charge < -0.3 is 14.8 Å². The molecule has 0 aromatic carbocycles. The first kappa shape index (κ1) is 10.3. The van der Waals surface area contributed by atoms with Crippen molar-refractivity contribution in [1.82, 2.24) is 15.3 Å². The molecule has 1 N–H and O–H groups in total. The molecule has 0 unspecified atom stereocenters. The van der Waals surface area contributed by atoms with E-state index in [9.17, 15) is 0 Å². The van der Waals surface area contributed by atoms with Gasteiger partial charge in [0.05, 0.1) is 12.3 Å². The van der Waals surface area contributed by atoms with E-state index in [1.165, 1.54) is 0 Å². The lowest BCUT2D eigenvalue weighted by Crippen LogP contribution is -2.25. The molecule has 0 radical (unpaired) electrons. The Balaban J connectivity index is 2.09. The van der Waals surface area contributed by atoms with Crippen LogP contribution in [0.4, 0.5) is 0 Å². The van der Waals surface area contributed by atoms with Gasteiger partial charge in [-0.15, -0.1) is 0 Å². The van der Waals surface area contributed by atoms with Gasteiger partial charge in [-0.2, -0.15) is 0 Å². The zero-order chi connectivity index (χ0) is 10.5. The van der Waals surface area contributed by atoms with E-state index in [0.717, 1.165) is 30.8 Å².